The zero-order valence-electron chi connectivity index (χ0n) is 15.6. The molecular formula is C21H19N5O3. The smallest absolute Gasteiger partial charge is 0.293 e. The zero-order valence-corrected chi connectivity index (χ0v) is 15.6. The first-order chi connectivity index (χ1) is 14.1. The number of nitrogens with zero attached hydrogens (tertiary/aromatic N) is 5. The molecular weight excluding hydrogens is 370 g/mol. The monoisotopic (exact) mass is 389 g/mol. The van der Waals surface area contributed by atoms with E-state index in [1.165, 1.54) is 6.07 Å². The molecule has 0 atom stereocenters. The first-order valence-electron chi connectivity index (χ1n) is 9.28. The Morgan fingerprint density at radius 2 is 1.52 bits per heavy atom. The van der Waals surface area contributed by atoms with Crippen molar-refractivity contribution in [1.82, 2.24) is 9.97 Å². The van der Waals surface area contributed by atoms with Crippen molar-refractivity contribution in [3.05, 3.63) is 88.2 Å². The number of hydrogen-bond acceptors (Lipinski definition) is 7. The number of carbonyl (C=O) groups excluding carboxylic acids is 1. The van der Waals surface area contributed by atoms with Gasteiger partial charge in [-0.2, -0.15) is 0 Å². The Labute approximate surface area is 167 Å². The fraction of sp³-hybridized carbons (Fsp3) is 0.190. The molecule has 0 amide bonds. The van der Waals surface area contributed by atoms with Crippen molar-refractivity contribution in [2.45, 2.75) is 0 Å². The van der Waals surface area contributed by atoms with Crippen LogP contribution in [-0.2, 0) is 0 Å². The molecule has 3 aromatic rings. The second-order valence-corrected chi connectivity index (χ2v) is 6.68. The van der Waals surface area contributed by atoms with E-state index in [1.807, 2.05) is 11.0 Å². The lowest BCUT2D eigenvalue weighted by atomic mass is 10.0. The molecule has 1 aliphatic heterocycles. The second-order valence-electron chi connectivity index (χ2n) is 6.68. The molecule has 0 unspecified atom stereocenters. The first kappa shape index (κ1) is 18.5. The molecule has 0 bridgehead atoms. The van der Waals surface area contributed by atoms with Gasteiger partial charge in [0.2, 0.25) is 5.95 Å². The summed E-state index contributed by atoms with van der Waals surface area (Å²) in [6.45, 7) is 2.52. The number of aromatic nitrogens is 2. The number of piperazine rings is 1. The van der Waals surface area contributed by atoms with Gasteiger partial charge in [-0.05, 0) is 18.2 Å². The van der Waals surface area contributed by atoms with E-state index < -0.39 is 4.92 Å². The maximum Gasteiger partial charge on any atom is 0.293 e. The molecule has 4 rings (SSSR count). The maximum absolute atomic E-state index is 12.7. The summed E-state index contributed by atoms with van der Waals surface area (Å²) >= 11 is 0. The van der Waals surface area contributed by atoms with Gasteiger partial charge in [-0.3, -0.25) is 14.9 Å². The van der Waals surface area contributed by atoms with Crippen LogP contribution in [0.4, 0.5) is 17.3 Å². The molecule has 2 heterocycles. The van der Waals surface area contributed by atoms with E-state index in [9.17, 15) is 14.9 Å². The Hall–Kier alpha value is -3.81. The van der Waals surface area contributed by atoms with Crippen LogP contribution in [-0.4, -0.2) is 46.9 Å². The number of benzene rings is 2. The zero-order chi connectivity index (χ0) is 20.2. The van der Waals surface area contributed by atoms with Gasteiger partial charge in [0.05, 0.1) is 4.92 Å². The van der Waals surface area contributed by atoms with Gasteiger partial charge >= 0.3 is 0 Å². The highest BCUT2D eigenvalue weighted by molar-refractivity contribution is 6.09. The molecule has 0 aliphatic carbocycles. The molecule has 1 aromatic heterocycles. The number of ketones is 1. The summed E-state index contributed by atoms with van der Waals surface area (Å²) in [5, 5.41) is 11.7. The van der Waals surface area contributed by atoms with Crippen LogP contribution in [0.3, 0.4) is 0 Å². The lowest BCUT2D eigenvalue weighted by Crippen LogP contribution is -2.47. The highest BCUT2D eigenvalue weighted by Gasteiger charge is 2.26. The lowest BCUT2D eigenvalue weighted by molar-refractivity contribution is -0.384. The van der Waals surface area contributed by atoms with E-state index in [-0.39, 0.29) is 11.5 Å². The van der Waals surface area contributed by atoms with Gasteiger partial charge in [0, 0.05) is 55.8 Å². The van der Waals surface area contributed by atoms with Crippen molar-refractivity contribution in [3.63, 3.8) is 0 Å². The highest BCUT2D eigenvalue weighted by atomic mass is 16.6. The van der Waals surface area contributed by atoms with E-state index in [2.05, 4.69) is 14.9 Å². The number of rotatable bonds is 5. The van der Waals surface area contributed by atoms with Crippen LogP contribution in [0.1, 0.15) is 15.9 Å². The lowest BCUT2D eigenvalue weighted by Gasteiger charge is -2.35. The number of nitro groups is 1. The Morgan fingerprint density at radius 1 is 0.862 bits per heavy atom. The third-order valence-electron chi connectivity index (χ3n) is 4.93. The summed E-state index contributed by atoms with van der Waals surface area (Å²) in [6.07, 6.45) is 3.39. The minimum absolute atomic E-state index is 0.0591. The van der Waals surface area contributed by atoms with Gasteiger partial charge in [-0.15, -0.1) is 0 Å². The Bertz CT molecular complexity index is 1020. The predicted molar refractivity (Wildman–Crippen MR) is 109 cm³/mol. The molecule has 1 aliphatic rings. The number of anilines is 2. The highest BCUT2D eigenvalue weighted by Crippen LogP contribution is 2.31. The summed E-state index contributed by atoms with van der Waals surface area (Å²) in [6, 6.07) is 15.2. The van der Waals surface area contributed by atoms with Gasteiger partial charge in [-0.25, -0.2) is 9.97 Å². The minimum Gasteiger partial charge on any atom is -0.362 e. The average molecular weight is 389 g/mol. The van der Waals surface area contributed by atoms with E-state index >= 15 is 0 Å². The second kappa shape index (κ2) is 8.05. The van der Waals surface area contributed by atoms with Crippen LogP contribution >= 0.6 is 0 Å². The third-order valence-corrected chi connectivity index (χ3v) is 4.93. The van der Waals surface area contributed by atoms with Crippen molar-refractivity contribution in [2.24, 2.45) is 0 Å². The number of hydrogen-bond donors (Lipinski definition) is 0. The quantitative estimate of drug-likeness (QED) is 0.376. The van der Waals surface area contributed by atoms with Gasteiger partial charge in [0.1, 0.15) is 5.69 Å². The third kappa shape index (κ3) is 3.91. The average Bonchev–Trinajstić information content (AvgIpc) is 2.79. The van der Waals surface area contributed by atoms with E-state index in [4.69, 9.17) is 0 Å². The first-order valence-corrected chi connectivity index (χ1v) is 9.28. The molecule has 0 spiro atoms. The molecule has 2 aromatic carbocycles. The van der Waals surface area contributed by atoms with E-state index in [0.717, 1.165) is 0 Å². The fourth-order valence-corrected chi connectivity index (χ4v) is 3.44. The van der Waals surface area contributed by atoms with Crippen molar-refractivity contribution in [3.8, 4) is 0 Å². The van der Waals surface area contributed by atoms with Crippen LogP contribution in [0.2, 0.25) is 0 Å². The molecule has 1 fully saturated rings. The fourth-order valence-electron chi connectivity index (χ4n) is 3.44. The van der Waals surface area contributed by atoms with Gasteiger partial charge in [0.15, 0.2) is 5.78 Å². The number of carbonyl (C=O) groups is 1. The molecule has 8 heteroatoms. The largest absolute Gasteiger partial charge is 0.362 e. The molecule has 1 saturated heterocycles. The van der Waals surface area contributed by atoms with E-state index in [1.54, 1.807) is 54.9 Å². The number of nitro benzene ring substituents is 1. The molecule has 0 N–H and O–H groups in total. The van der Waals surface area contributed by atoms with E-state index in [0.29, 0.717) is 48.9 Å². The Morgan fingerprint density at radius 3 is 2.17 bits per heavy atom. The summed E-state index contributed by atoms with van der Waals surface area (Å²) in [7, 11) is 0. The standard InChI is InChI=1S/C21H19N5O3/c27-20(16-5-2-1-3-6-16)17-7-8-18(19(15-17)26(28)29)24-11-13-25(14-12-24)21-22-9-4-10-23-21/h1-10,15H,11-14H2. The molecule has 0 saturated carbocycles. The molecule has 146 valence electrons. The molecule has 8 nitrogen and oxygen atoms in total. The molecule has 29 heavy (non-hydrogen) atoms. The summed E-state index contributed by atoms with van der Waals surface area (Å²) in [5.41, 5.74) is 1.28. The minimum atomic E-state index is -0.427. The van der Waals surface area contributed by atoms with Crippen LogP contribution in [0, 0.1) is 10.1 Å². The van der Waals surface area contributed by atoms with Gasteiger partial charge < -0.3 is 9.80 Å². The van der Waals surface area contributed by atoms with Crippen LogP contribution in [0.15, 0.2) is 67.0 Å². The van der Waals surface area contributed by atoms with Crippen molar-refractivity contribution in [2.75, 3.05) is 36.0 Å². The normalized spacial score (nSPS) is 13.9. The Kier molecular flexibility index (Phi) is 5.15. The van der Waals surface area contributed by atoms with Gasteiger partial charge in [-0.1, -0.05) is 30.3 Å². The van der Waals surface area contributed by atoms with Crippen LogP contribution in [0.25, 0.3) is 0 Å². The molecule has 0 radical (unpaired) electrons. The van der Waals surface area contributed by atoms with Crippen LogP contribution in [0.5, 0.6) is 0 Å². The Balaban J connectivity index is 1.55. The topological polar surface area (TPSA) is 92.5 Å². The predicted octanol–water partition coefficient (Wildman–Crippen LogP) is 2.94. The van der Waals surface area contributed by atoms with Crippen molar-refractivity contribution >= 4 is 23.1 Å². The van der Waals surface area contributed by atoms with Crippen LogP contribution < -0.4 is 9.80 Å². The maximum atomic E-state index is 12.7. The van der Waals surface area contributed by atoms with Gasteiger partial charge in [0.25, 0.3) is 5.69 Å². The summed E-state index contributed by atoms with van der Waals surface area (Å²) in [5.74, 6) is 0.428. The van der Waals surface area contributed by atoms with Crippen molar-refractivity contribution < 1.29 is 9.72 Å². The van der Waals surface area contributed by atoms with Crippen molar-refractivity contribution in [1.29, 1.82) is 0 Å². The SMILES string of the molecule is O=C(c1ccccc1)c1ccc(N2CCN(c3ncccn3)CC2)c([N+](=O)[O-])c1. The summed E-state index contributed by atoms with van der Waals surface area (Å²) in [4.78, 5) is 36.5. The summed E-state index contributed by atoms with van der Waals surface area (Å²) < 4.78 is 0.